The number of carbonyl (C=O) groups is 1. The van der Waals surface area contributed by atoms with Crippen molar-refractivity contribution in [3.05, 3.63) is 39.3 Å². The van der Waals surface area contributed by atoms with Crippen molar-refractivity contribution in [2.24, 2.45) is 0 Å². The summed E-state index contributed by atoms with van der Waals surface area (Å²) >= 11 is 7.54. The smallest absolute Gasteiger partial charge is 0.276 e. The van der Waals surface area contributed by atoms with Crippen molar-refractivity contribution in [3.8, 4) is 0 Å². The van der Waals surface area contributed by atoms with Gasteiger partial charge in [0.2, 0.25) is 0 Å². The normalized spacial score (nSPS) is 17.7. The molecule has 1 saturated heterocycles. The molecule has 118 valence electrons. The van der Waals surface area contributed by atoms with Gasteiger partial charge in [-0.05, 0) is 25.0 Å². The Hall–Kier alpha value is -1.96. The zero-order valence-electron chi connectivity index (χ0n) is 12.0. The van der Waals surface area contributed by atoms with Crippen molar-refractivity contribution < 1.29 is 9.53 Å². The molecule has 3 heterocycles. The summed E-state index contributed by atoms with van der Waals surface area (Å²) < 4.78 is 5.59. The van der Waals surface area contributed by atoms with Crippen LogP contribution in [-0.2, 0) is 4.74 Å². The fraction of sp³-hybridized carbons (Fsp3) is 0.267. The van der Waals surface area contributed by atoms with Gasteiger partial charge in [0.25, 0.3) is 5.91 Å². The zero-order valence-corrected chi connectivity index (χ0v) is 13.6. The predicted molar refractivity (Wildman–Crippen MR) is 89.1 cm³/mol. The Balaban J connectivity index is 1.56. The van der Waals surface area contributed by atoms with Crippen LogP contribution < -0.4 is 5.32 Å². The number of nitrogens with zero attached hydrogens (tertiary/aromatic N) is 2. The maximum Gasteiger partial charge on any atom is 0.276 e. The van der Waals surface area contributed by atoms with Crippen LogP contribution in [-0.4, -0.2) is 27.7 Å². The van der Waals surface area contributed by atoms with Gasteiger partial charge in [-0.1, -0.05) is 17.7 Å². The first kappa shape index (κ1) is 14.6. The van der Waals surface area contributed by atoms with Crippen LogP contribution in [0.4, 0.5) is 5.82 Å². The Kier molecular flexibility index (Phi) is 3.76. The number of thiazole rings is 1. The van der Waals surface area contributed by atoms with E-state index >= 15 is 0 Å². The number of halogens is 1. The van der Waals surface area contributed by atoms with Crippen LogP contribution >= 0.6 is 22.9 Å². The van der Waals surface area contributed by atoms with Crippen LogP contribution in [0.2, 0.25) is 5.02 Å². The number of rotatable bonds is 3. The third-order valence-corrected chi connectivity index (χ3v) is 4.99. The Morgan fingerprint density at radius 3 is 3.22 bits per heavy atom. The molecule has 6 nitrogen and oxygen atoms in total. The molecule has 4 rings (SSSR count). The van der Waals surface area contributed by atoms with E-state index in [0.29, 0.717) is 22.1 Å². The average molecular weight is 349 g/mol. The number of anilines is 1. The first-order chi connectivity index (χ1) is 11.2. The van der Waals surface area contributed by atoms with Gasteiger partial charge in [0, 0.05) is 17.4 Å². The third-order valence-electron chi connectivity index (χ3n) is 3.74. The van der Waals surface area contributed by atoms with Crippen molar-refractivity contribution in [1.82, 2.24) is 15.2 Å². The van der Waals surface area contributed by atoms with E-state index in [-0.39, 0.29) is 12.0 Å². The number of ether oxygens (including phenoxy) is 1. The Labute approximate surface area is 140 Å². The quantitative estimate of drug-likeness (QED) is 0.755. The largest absolute Gasteiger partial charge is 0.371 e. The summed E-state index contributed by atoms with van der Waals surface area (Å²) in [5.74, 6) is 0.151. The van der Waals surface area contributed by atoms with Crippen molar-refractivity contribution in [2.75, 3.05) is 11.9 Å². The van der Waals surface area contributed by atoms with Crippen LogP contribution in [0.1, 0.15) is 34.4 Å². The predicted octanol–water partition coefficient (Wildman–Crippen LogP) is 3.78. The molecular formula is C15H13ClN4O2S. The van der Waals surface area contributed by atoms with Gasteiger partial charge in [-0.2, -0.15) is 5.10 Å². The Morgan fingerprint density at radius 1 is 1.48 bits per heavy atom. The minimum absolute atomic E-state index is 0.0200. The summed E-state index contributed by atoms with van der Waals surface area (Å²) in [5, 5.41) is 13.6. The highest BCUT2D eigenvalue weighted by molar-refractivity contribution is 7.09. The first-order valence-corrected chi connectivity index (χ1v) is 8.49. The number of para-hydroxylation sites is 1. The van der Waals surface area contributed by atoms with Crippen molar-refractivity contribution in [3.63, 3.8) is 0 Å². The van der Waals surface area contributed by atoms with Crippen molar-refractivity contribution in [2.45, 2.75) is 18.9 Å². The van der Waals surface area contributed by atoms with Gasteiger partial charge in [0.05, 0.1) is 10.5 Å². The number of amides is 1. The second kappa shape index (κ2) is 5.92. The summed E-state index contributed by atoms with van der Waals surface area (Å²) in [7, 11) is 0. The lowest BCUT2D eigenvalue weighted by molar-refractivity contribution is 0.101. The topological polar surface area (TPSA) is 79.9 Å². The van der Waals surface area contributed by atoms with Gasteiger partial charge in [0.15, 0.2) is 5.82 Å². The van der Waals surface area contributed by atoms with Crippen LogP contribution in [0.25, 0.3) is 10.9 Å². The molecule has 0 unspecified atom stereocenters. The maximum absolute atomic E-state index is 12.4. The molecule has 0 aliphatic carbocycles. The fourth-order valence-corrected chi connectivity index (χ4v) is 3.68. The van der Waals surface area contributed by atoms with Crippen LogP contribution in [0.5, 0.6) is 0 Å². The lowest BCUT2D eigenvalue weighted by Crippen LogP contribution is -2.13. The van der Waals surface area contributed by atoms with Gasteiger partial charge in [0.1, 0.15) is 16.8 Å². The first-order valence-electron chi connectivity index (χ1n) is 7.23. The number of aromatic amines is 1. The van der Waals surface area contributed by atoms with E-state index in [2.05, 4.69) is 20.5 Å². The van der Waals surface area contributed by atoms with Crippen LogP contribution in [0, 0.1) is 0 Å². The molecule has 8 heteroatoms. The number of hydrogen-bond acceptors (Lipinski definition) is 5. The SMILES string of the molecule is O=C(Nc1n[nH]c2c(Cl)cccc12)c1csc([C@@H]2CCCO2)n1. The summed E-state index contributed by atoms with van der Waals surface area (Å²) in [4.78, 5) is 16.8. The molecule has 0 saturated carbocycles. The second-order valence-electron chi connectivity index (χ2n) is 5.26. The molecule has 23 heavy (non-hydrogen) atoms. The molecule has 1 aliphatic rings. The molecule has 2 aromatic heterocycles. The van der Waals surface area contributed by atoms with Gasteiger partial charge in [-0.3, -0.25) is 9.89 Å². The Morgan fingerprint density at radius 2 is 2.39 bits per heavy atom. The summed E-state index contributed by atoms with van der Waals surface area (Å²) in [5.41, 5.74) is 1.07. The molecule has 1 aromatic carbocycles. The number of benzene rings is 1. The van der Waals surface area contributed by atoms with Gasteiger partial charge in [-0.25, -0.2) is 4.98 Å². The monoisotopic (exact) mass is 348 g/mol. The molecule has 1 amide bonds. The van der Waals surface area contributed by atoms with E-state index in [1.807, 2.05) is 12.1 Å². The summed E-state index contributed by atoms with van der Waals surface area (Å²) in [6, 6.07) is 5.43. The van der Waals surface area contributed by atoms with E-state index in [9.17, 15) is 4.79 Å². The zero-order chi connectivity index (χ0) is 15.8. The highest BCUT2D eigenvalue weighted by Gasteiger charge is 2.23. The molecule has 1 fully saturated rings. The molecule has 0 radical (unpaired) electrons. The second-order valence-corrected chi connectivity index (χ2v) is 6.56. The molecule has 0 spiro atoms. The highest BCUT2D eigenvalue weighted by atomic mass is 35.5. The highest BCUT2D eigenvalue weighted by Crippen LogP contribution is 2.31. The minimum atomic E-state index is -0.293. The van der Waals surface area contributed by atoms with Crippen molar-refractivity contribution in [1.29, 1.82) is 0 Å². The summed E-state index contributed by atoms with van der Waals surface area (Å²) in [6.07, 6.45) is 2.01. The van der Waals surface area contributed by atoms with E-state index in [0.717, 1.165) is 29.8 Å². The molecule has 1 atom stereocenters. The lowest BCUT2D eigenvalue weighted by Gasteiger charge is -2.03. The van der Waals surface area contributed by atoms with Crippen LogP contribution in [0.3, 0.4) is 0 Å². The lowest BCUT2D eigenvalue weighted by atomic mass is 10.2. The van der Waals surface area contributed by atoms with Crippen molar-refractivity contribution >= 4 is 45.6 Å². The fourth-order valence-electron chi connectivity index (χ4n) is 2.59. The summed E-state index contributed by atoms with van der Waals surface area (Å²) in [6.45, 7) is 0.756. The molecule has 3 aromatic rings. The van der Waals surface area contributed by atoms with E-state index in [1.54, 1.807) is 11.4 Å². The molecule has 0 bridgehead atoms. The Bertz CT molecular complexity index is 869. The standard InChI is InChI=1S/C15H13ClN4O2S/c16-9-4-1-3-8-12(9)19-20-13(8)18-14(21)10-7-23-15(17-10)11-5-2-6-22-11/h1,3-4,7,11H,2,5-6H2,(H2,18,19,20,21)/t11-/m0/s1. The maximum atomic E-state index is 12.4. The number of hydrogen-bond donors (Lipinski definition) is 2. The molecular weight excluding hydrogens is 336 g/mol. The van der Waals surface area contributed by atoms with Gasteiger partial charge >= 0.3 is 0 Å². The molecule has 1 aliphatic heterocycles. The molecule has 2 N–H and O–H groups in total. The average Bonchev–Trinajstić information content (AvgIpc) is 3.28. The minimum Gasteiger partial charge on any atom is -0.371 e. The van der Waals surface area contributed by atoms with E-state index in [1.165, 1.54) is 11.3 Å². The number of nitrogens with one attached hydrogen (secondary N) is 2. The van der Waals surface area contributed by atoms with Gasteiger partial charge in [-0.15, -0.1) is 11.3 Å². The third kappa shape index (κ3) is 2.71. The number of aromatic nitrogens is 3. The number of fused-ring (bicyclic) bond motifs is 1. The van der Waals surface area contributed by atoms with Gasteiger partial charge < -0.3 is 10.1 Å². The van der Waals surface area contributed by atoms with Crippen LogP contribution in [0.15, 0.2) is 23.6 Å². The number of carbonyl (C=O) groups excluding carboxylic acids is 1. The number of H-pyrrole nitrogens is 1. The van der Waals surface area contributed by atoms with E-state index in [4.69, 9.17) is 16.3 Å². The van der Waals surface area contributed by atoms with E-state index < -0.39 is 0 Å².